The molecule has 8 heteroatoms. The summed E-state index contributed by atoms with van der Waals surface area (Å²) in [4.78, 5) is 11.9. The molecule has 2 N–H and O–H groups in total. The average molecular weight is 469 g/mol. The summed E-state index contributed by atoms with van der Waals surface area (Å²) >= 11 is 6.96. The van der Waals surface area contributed by atoms with Gasteiger partial charge in [-0.05, 0) is 48.4 Å². The molecule has 0 bridgehead atoms. The first kappa shape index (κ1) is 17.8. The van der Waals surface area contributed by atoms with Gasteiger partial charge in [0.05, 0.1) is 12.8 Å². The maximum absolute atomic E-state index is 11.9. The highest BCUT2D eigenvalue weighted by atomic mass is 79.9. The van der Waals surface area contributed by atoms with E-state index in [1.807, 2.05) is 25.1 Å². The summed E-state index contributed by atoms with van der Waals surface area (Å²) in [6.45, 7) is 2.33. The van der Waals surface area contributed by atoms with Gasteiger partial charge in [0.15, 0.2) is 11.5 Å². The van der Waals surface area contributed by atoms with Crippen LogP contribution in [-0.4, -0.2) is 25.5 Å². The minimum atomic E-state index is -0.246. The molecular weight excluding hydrogens is 454 g/mol. The normalized spacial score (nSPS) is 12.4. The molecule has 0 unspecified atom stereocenters. The van der Waals surface area contributed by atoms with Crippen molar-refractivity contribution in [1.29, 1.82) is 0 Å². The third-order valence-corrected chi connectivity index (χ3v) is 5.18. The molecule has 0 fully saturated rings. The van der Waals surface area contributed by atoms with Crippen LogP contribution in [0, 0.1) is 6.92 Å². The third kappa shape index (κ3) is 4.52. The second-order valence-electron chi connectivity index (χ2n) is 5.32. The summed E-state index contributed by atoms with van der Waals surface area (Å²) in [5.41, 5.74) is 5.22. The van der Waals surface area contributed by atoms with Crippen molar-refractivity contribution in [3.05, 3.63) is 50.4 Å². The smallest absolute Gasteiger partial charge is 0.259 e. The second kappa shape index (κ2) is 7.88. The average Bonchev–Trinajstić information content (AvgIpc) is 3.05. The molecule has 2 aromatic carbocycles. The van der Waals surface area contributed by atoms with Gasteiger partial charge in [0, 0.05) is 14.6 Å². The van der Waals surface area contributed by atoms with Crippen molar-refractivity contribution in [1.82, 2.24) is 5.43 Å². The molecule has 3 rings (SSSR count). The zero-order valence-corrected chi connectivity index (χ0v) is 16.5. The van der Waals surface area contributed by atoms with Crippen LogP contribution in [0.4, 0.5) is 5.69 Å². The number of hydrogen-bond acceptors (Lipinski definition) is 5. The van der Waals surface area contributed by atoms with E-state index in [1.165, 1.54) is 0 Å². The fourth-order valence-electron chi connectivity index (χ4n) is 2.14. The van der Waals surface area contributed by atoms with Gasteiger partial charge in [0.25, 0.3) is 5.91 Å². The number of benzene rings is 2. The number of ether oxygens (including phenoxy) is 2. The van der Waals surface area contributed by atoms with Crippen molar-refractivity contribution in [3.63, 3.8) is 0 Å². The molecule has 1 heterocycles. The highest BCUT2D eigenvalue weighted by Crippen LogP contribution is 2.32. The molecule has 0 spiro atoms. The first-order chi connectivity index (χ1) is 12.0. The summed E-state index contributed by atoms with van der Waals surface area (Å²) in [6, 6.07) is 9.28. The van der Waals surface area contributed by atoms with Crippen LogP contribution in [0.5, 0.6) is 11.5 Å². The molecule has 2 aromatic rings. The lowest BCUT2D eigenvalue weighted by atomic mass is 10.2. The van der Waals surface area contributed by atoms with Crippen molar-refractivity contribution in [2.24, 2.45) is 5.10 Å². The largest absolute Gasteiger partial charge is 0.454 e. The van der Waals surface area contributed by atoms with E-state index in [-0.39, 0.29) is 19.2 Å². The Bertz CT molecular complexity index is 817. The van der Waals surface area contributed by atoms with E-state index in [0.717, 1.165) is 25.8 Å². The summed E-state index contributed by atoms with van der Waals surface area (Å²) in [6.07, 6.45) is 1.55. The molecule has 1 aliphatic rings. The van der Waals surface area contributed by atoms with E-state index in [9.17, 15) is 4.79 Å². The van der Waals surface area contributed by atoms with Gasteiger partial charge >= 0.3 is 0 Å². The SMILES string of the molecule is Cc1c(Br)cc(NCC(=O)N/N=C\c2ccc3c(c2)OCO3)cc1Br. The van der Waals surface area contributed by atoms with Crippen LogP contribution in [0.3, 0.4) is 0 Å². The molecule has 130 valence electrons. The Kier molecular flexibility index (Phi) is 5.60. The lowest BCUT2D eigenvalue weighted by Gasteiger charge is -2.09. The molecule has 6 nitrogen and oxygen atoms in total. The zero-order chi connectivity index (χ0) is 17.8. The number of anilines is 1. The Labute approximate surface area is 161 Å². The van der Waals surface area contributed by atoms with E-state index < -0.39 is 0 Å². The Morgan fingerprint density at radius 2 is 1.92 bits per heavy atom. The fourth-order valence-corrected chi connectivity index (χ4v) is 3.33. The topological polar surface area (TPSA) is 72.0 Å². The van der Waals surface area contributed by atoms with Gasteiger partial charge in [0.1, 0.15) is 0 Å². The number of nitrogens with zero attached hydrogens (tertiary/aromatic N) is 1. The molecule has 0 radical (unpaired) electrons. The van der Waals surface area contributed by atoms with E-state index in [0.29, 0.717) is 11.5 Å². The minimum absolute atomic E-state index is 0.112. The molecule has 1 amide bonds. The van der Waals surface area contributed by atoms with Gasteiger partial charge < -0.3 is 14.8 Å². The molecule has 1 aliphatic heterocycles. The van der Waals surface area contributed by atoms with E-state index >= 15 is 0 Å². The van der Waals surface area contributed by atoms with Crippen molar-refractivity contribution >= 4 is 49.7 Å². The molecule has 25 heavy (non-hydrogen) atoms. The van der Waals surface area contributed by atoms with Crippen LogP contribution in [0.1, 0.15) is 11.1 Å². The Balaban J connectivity index is 1.51. The van der Waals surface area contributed by atoms with E-state index in [4.69, 9.17) is 9.47 Å². The predicted molar refractivity (Wildman–Crippen MR) is 103 cm³/mol. The van der Waals surface area contributed by atoms with Gasteiger partial charge in [-0.15, -0.1) is 0 Å². The third-order valence-electron chi connectivity index (χ3n) is 3.53. The number of halogens is 2. The Morgan fingerprint density at radius 1 is 1.20 bits per heavy atom. The van der Waals surface area contributed by atoms with Gasteiger partial charge in [-0.2, -0.15) is 5.10 Å². The first-order valence-electron chi connectivity index (χ1n) is 7.44. The lowest BCUT2D eigenvalue weighted by Crippen LogP contribution is -2.25. The lowest BCUT2D eigenvalue weighted by molar-refractivity contribution is -0.119. The van der Waals surface area contributed by atoms with Gasteiger partial charge in [-0.3, -0.25) is 4.79 Å². The molecule has 0 atom stereocenters. The maximum atomic E-state index is 11.9. The number of fused-ring (bicyclic) bond motifs is 1. The summed E-state index contributed by atoms with van der Waals surface area (Å²) in [7, 11) is 0. The highest BCUT2D eigenvalue weighted by Gasteiger charge is 2.12. The second-order valence-corrected chi connectivity index (χ2v) is 7.03. The van der Waals surface area contributed by atoms with Crippen molar-refractivity contribution < 1.29 is 14.3 Å². The maximum Gasteiger partial charge on any atom is 0.259 e. The molecular formula is C17H15Br2N3O3. The van der Waals surface area contributed by atoms with Crippen LogP contribution in [0.2, 0.25) is 0 Å². The number of nitrogens with one attached hydrogen (secondary N) is 2. The molecule has 0 saturated heterocycles. The van der Waals surface area contributed by atoms with Crippen molar-refractivity contribution in [2.75, 3.05) is 18.7 Å². The predicted octanol–water partition coefficient (Wildman–Crippen LogP) is 3.81. The molecule has 0 saturated carbocycles. The molecule has 0 aliphatic carbocycles. The number of carbonyl (C=O) groups excluding carboxylic acids is 1. The van der Waals surface area contributed by atoms with E-state index in [2.05, 4.69) is 47.7 Å². The van der Waals surface area contributed by atoms with Crippen molar-refractivity contribution in [2.45, 2.75) is 6.92 Å². The monoisotopic (exact) mass is 467 g/mol. The van der Waals surface area contributed by atoms with Gasteiger partial charge in [-0.1, -0.05) is 31.9 Å². The van der Waals surface area contributed by atoms with Crippen LogP contribution in [0.25, 0.3) is 0 Å². The van der Waals surface area contributed by atoms with Gasteiger partial charge in [0.2, 0.25) is 6.79 Å². The zero-order valence-electron chi connectivity index (χ0n) is 13.3. The molecule has 0 aromatic heterocycles. The Morgan fingerprint density at radius 3 is 2.68 bits per heavy atom. The van der Waals surface area contributed by atoms with Crippen LogP contribution >= 0.6 is 31.9 Å². The van der Waals surface area contributed by atoms with Crippen molar-refractivity contribution in [3.8, 4) is 11.5 Å². The quantitative estimate of drug-likeness (QED) is 0.517. The minimum Gasteiger partial charge on any atom is -0.454 e. The van der Waals surface area contributed by atoms with Crippen LogP contribution in [-0.2, 0) is 4.79 Å². The number of rotatable bonds is 5. The summed E-state index contributed by atoms with van der Waals surface area (Å²) < 4.78 is 12.5. The number of hydrazone groups is 1. The highest BCUT2D eigenvalue weighted by molar-refractivity contribution is 9.11. The van der Waals surface area contributed by atoms with E-state index in [1.54, 1.807) is 18.3 Å². The Hall–Kier alpha value is -2.06. The first-order valence-corrected chi connectivity index (χ1v) is 9.02. The summed E-state index contributed by atoms with van der Waals surface area (Å²) in [5, 5.41) is 7.00. The standard InChI is InChI=1S/C17H15Br2N3O3/c1-10-13(18)5-12(6-14(10)19)20-8-17(23)22-21-7-11-2-3-15-16(4-11)25-9-24-15/h2-7,20H,8-9H2,1H3,(H,22,23)/b21-7-. The summed E-state index contributed by atoms with van der Waals surface area (Å²) in [5.74, 6) is 1.14. The van der Waals surface area contributed by atoms with Crippen LogP contribution in [0.15, 0.2) is 44.4 Å². The number of amides is 1. The number of hydrogen-bond donors (Lipinski definition) is 2. The van der Waals surface area contributed by atoms with Gasteiger partial charge in [-0.25, -0.2) is 5.43 Å². The fraction of sp³-hybridized carbons (Fsp3) is 0.176. The van der Waals surface area contributed by atoms with Crippen LogP contribution < -0.4 is 20.2 Å². The number of carbonyl (C=O) groups is 1.